The lowest BCUT2D eigenvalue weighted by Gasteiger charge is -2.12. The van der Waals surface area contributed by atoms with Crippen molar-refractivity contribution in [3.8, 4) is 11.8 Å². The van der Waals surface area contributed by atoms with Crippen molar-refractivity contribution in [2.45, 2.75) is 26.4 Å². The van der Waals surface area contributed by atoms with Crippen LogP contribution in [0.15, 0.2) is 12.1 Å². The van der Waals surface area contributed by atoms with Crippen molar-refractivity contribution < 1.29 is 4.74 Å². The predicted octanol–water partition coefficient (Wildman–Crippen LogP) is 2.66. The van der Waals surface area contributed by atoms with Crippen LogP contribution in [0.2, 0.25) is 5.02 Å². The first-order valence-corrected chi connectivity index (χ1v) is 5.42. The van der Waals surface area contributed by atoms with Crippen LogP contribution in [0.3, 0.4) is 0 Å². The lowest BCUT2D eigenvalue weighted by atomic mass is 10.1. The Bertz CT molecular complexity index is 412. The SMILES string of the molecule is COc1cc(C)c(Cl)cc1CNC(C)C#N. The van der Waals surface area contributed by atoms with E-state index in [1.165, 1.54) is 0 Å². The first kappa shape index (κ1) is 12.8. The van der Waals surface area contributed by atoms with Crippen LogP contribution in [0.5, 0.6) is 5.75 Å². The molecule has 16 heavy (non-hydrogen) atoms. The molecule has 1 unspecified atom stereocenters. The lowest BCUT2D eigenvalue weighted by Crippen LogP contribution is -2.23. The fraction of sp³-hybridized carbons (Fsp3) is 0.417. The van der Waals surface area contributed by atoms with Crippen LogP contribution in [0.4, 0.5) is 0 Å². The average Bonchev–Trinajstić information content (AvgIpc) is 2.29. The molecule has 0 aliphatic heterocycles. The van der Waals surface area contributed by atoms with Crippen molar-refractivity contribution in [3.63, 3.8) is 0 Å². The molecule has 0 saturated heterocycles. The van der Waals surface area contributed by atoms with E-state index in [0.717, 1.165) is 16.9 Å². The fourth-order valence-corrected chi connectivity index (χ4v) is 1.52. The number of rotatable bonds is 4. The van der Waals surface area contributed by atoms with E-state index in [-0.39, 0.29) is 6.04 Å². The van der Waals surface area contributed by atoms with Gasteiger partial charge < -0.3 is 4.74 Å². The molecule has 0 saturated carbocycles. The molecule has 0 radical (unpaired) electrons. The molecule has 0 heterocycles. The molecular formula is C12H15ClN2O. The predicted molar refractivity (Wildman–Crippen MR) is 64.7 cm³/mol. The Kier molecular flexibility index (Phi) is 4.60. The van der Waals surface area contributed by atoms with Gasteiger partial charge in [-0.05, 0) is 31.5 Å². The molecule has 0 bridgehead atoms. The van der Waals surface area contributed by atoms with Gasteiger partial charge in [0, 0.05) is 17.1 Å². The van der Waals surface area contributed by atoms with Crippen LogP contribution in [0, 0.1) is 18.3 Å². The summed E-state index contributed by atoms with van der Waals surface area (Å²) in [6.07, 6.45) is 0. The summed E-state index contributed by atoms with van der Waals surface area (Å²) < 4.78 is 5.27. The Hall–Kier alpha value is -1.24. The summed E-state index contributed by atoms with van der Waals surface area (Å²) in [5, 5.41) is 12.4. The van der Waals surface area contributed by atoms with Crippen molar-refractivity contribution >= 4 is 11.6 Å². The van der Waals surface area contributed by atoms with Crippen LogP contribution in [0.25, 0.3) is 0 Å². The largest absolute Gasteiger partial charge is 0.496 e. The van der Waals surface area contributed by atoms with E-state index >= 15 is 0 Å². The van der Waals surface area contributed by atoms with Crippen molar-refractivity contribution in [2.24, 2.45) is 0 Å². The number of aryl methyl sites for hydroxylation is 1. The van der Waals surface area contributed by atoms with E-state index < -0.39 is 0 Å². The third-order valence-electron chi connectivity index (χ3n) is 2.35. The second-order valence-corrected chi connectivity index (χ2v) is 4.05. The zero-order valence-electron chi connectivity index (χ0n) is 9.67. The van der Waals surface area contributed by atoms with Crippen LogP contribution < -0.4 is 10.1 Å². The van der Waals surface area contributed by atoms with E-state index in [0.29, 0.717) is 11.6 Å². The van der Waals surface area contributed by atoms with Gasteiger partial charge in [-0.25, -0.2) is 0 Å². The Morgan fingerprint density at radius 3 is 2.81 bits per heavy atom. The van der Waals surface area contributed by atoms with Crippen molar-refractivity contribution in [1.82, 2.24) is 5.32 Å². The van der Waals surface area contributed by atoms with Gasteiger partial charge in [-0.3, -0.25) is 5.32 Å². The topological polar surface area (TPSA) is 45.0 Å². The summed E-state index contributed by atoms with van der Waals surface area (Å²) >= 11 is 6.04. The standard InChI is InChI=1S/C12H15ClN2O/c1-8-4-12(16-3)10(5-11(8)13)7-15-9(2)6-14/h4-5,9,15H,7H2,1-3H3. The number of ether oxygens (including phenoxy) is 1. The molecule has 4 heteroatoms. The van der Waals surface area contributed by atoms with Gasteiger partial charge in [0.15, 0.2) is 0 Å². The monoisotopic (exact) mass is 238 g/mol. The first-order valence-electron chi connectivity index (χ1n) is 5.04. The second kappa shape index (κ2) is 5.74. The number of benzene rings is 1. The number of nitrogens with one attached hydrogen (secondary N) is 1. The summed E-state index contributed by atoms with van der Waals surface area (Å²) in [7, 11) is 1.62. The summed E-state index contributed by atoms with van der Waals surface area (Å²) in [6, 6.07) is 5.69. The number of nitriles is 1. The van der Waals surface area contributed by atoms with E-state index in [9.17, 15) is 0 Å². The number of halogens is 1. The van der Waals surface area contributed by atoms with Gasteiger partial charge >= 0.3 is 0 Å². The highest BCUT2D eigenvalue weighted by atomic mass is 35.5. The number of methoxy groups -OCH3 is 1. The van der Waals surface area contributed by atoms with Gasteiger partial charge in [0.05, 0.1) is 19.2 Å². The molecule has 3 nitrogen and oxygen atoms in total. The van der Waals surface area contributed by atoms with Crippen LogP contribution >= 0.6 is 11.6 Å². The molecule has 1 N–H and O–H groups in total. The highest BCUT2D eigenvalue weighted by Crippen LogP contribution is 2.26. The molecule has 1 aromatic rings. The zero-order chi connectivity index (χ0) is 12.1. The lowest BCUT2D eigenvalue weighted by molar-refractivity contribution is 0.407. The zero-order valence-corrected chi connectivity index (χ0v) is 10.4. The molecule has 0 aliphatic carbocycles. The summed E-state index contributed by atoms with van der Waals surface area (Å²) in [4.78, 5) is 0. The van der Waals surface area contributed by atoms with E-state index in [2.05, 4.69) is 11.4 Å². The molecule has 86 valence electrons. The van der Waals surface area contributed by atoms with Gasteiger partial charge in [-0.1, -0.05) is 11.6 Å². The number of hydrogen-bond acceptors (Lipinski definition) is 3. The minimum Gasteiger partial charge on any atom is -0.496 e. The van der Waals surface area contributed by atoms with Gasteiger partial charge in [-0.15, -0.1) is 0 Å². The first-order chi connectivity index (χ1) is 7.58. The van der Waals surface area contributed by atoms with Gasteiger partial charge in [-0.2, -0.15) is 5.26 Å². The number of hydrogen-bond donors (Lipinski definition) is 1. The van der Waals surface area contributed by atoms with E-state index in [1.54, 1.807) is 7.11 Å². The molecule has 1 rings (SSSR count). The highest BCUT2D eigenvalue weighted by molar-refractivity contribution is 6.31. The Morgan fingerprint density at radius 1 is 1.56 bits per heavy atom. The fourth-order valence-electron chi connectivity index (χ4n) is 1.33. The summed E-state index contributed by atoms with van der Waals surface area (Å²) in [5.41, 5.74) is 1.94. The van der Waals surface area contributed by atoms with E-state index in [1.807, 2.05) is 26.0 Å². The normalized spacial score (nSPS) is 11.9. The minimum absolute atomic E-state index is 0.190. The van der Waals surface area contributed by atoms with Crippen LogP contribution in [-0.4, -0.2) is 13.2 Å². The highest BCUT2D eigenvalue weighted by Gasteiger charge is 2.08. The smallest absolute Gasteiger partial charge is 0.123 e. The molecular weight excluding hydrogens is 224 g/mol. The third kappa shape index (κ3) is 3.13. The molecule has 0 fully saturated rings. The third-order valence-corrected chi connectivity index (χ3v) is 2.76. The second-order valence-electron chi connectivity index (χ2n) is 3.64. The summed E-state index contributed by atoms with van der Waals surface area (Å²) in [6.45, 7) is 4.31. The molecule has 1 aromatic carbocycles. The maximum absolute atomic E-state index is 8.67. The molecule has 0 aromatic heterocycles. The molecule has 0 amide bonds. The van der Waals surface area contributed by atoms with Gasteiger partial charge in [0.25, 0.3) is 0 Å². The quantitative estimate of drug-likeness (QED) is 0.877. The van der Waals surface area contributed by atoms with E-state index in [4.69, 9.17) is 21.6 Å². The van der Waals surface area contributed by atoms with Crippen LogP contribution in [0.1, 0.15) is 18.1 Å². The van der Waals surface area contributed by atoms with Gasteiger partial charge in [0.1, 0.15) is 5.75 Å². The summed E-state index contributed by atoms with van der Waals surface area (Å²) in [5.74, 6) is 0.791. The van der Waals surface area contributed by atoms with Crippen molar-refractivity contribution in [3.05, 3.63) is 28.3 Å². The number of nitrogens with zero attached hydrogens (tertiary/aromatic N) is 1. The average molecular weight is 239 g/mol. The van der Waals surface area contributed by atoms with Gasteiger partial charge in [0.2, 0.25) is 0 Å². The van der Waals surface area contributed by atoms with Crippen molar-refractivity contribution in [1.29, 1.82) is 5.26 Å². The Balaban J connectivity index is 2.87. The molecule has 0 aliphatic rings. The van der Waals surface area contributed by atoms with Crippen molar-refractivity contribution in [2.75, 3.05) is 7.11 Å². The molecule has 0 spiro atoms. The maximum atomic E-state index is 8.67. The maximum Gasteiger partial charge on any atom is 0.123 e. The minimum atomic E-state index is -0.190. The molecule has 1 atom stereocenters. The van der Waals surface area contributed by atoms with Crippen LogP contribution in [-0.2, 0) is 6.54 Å². The Morgan fingerprint density at radius 2 is 2.25 bits per heavy atom. The Labute approximate surface area is 101 Å².